The van der Waals surface area contributed by atoms with Gasteiger partial charge in [-0.1, -0.05) is 5.16 Å². The highest BCUT2D eigenvalue weighted by molar-refractivity contribution is 5.95. The maximum absolute atomic E-state index is 8.35. The fourth-order valence-corrected chi connectivity index (χ4v) is 0.752. The Kier molecular flexibility index (Phi) is 2.63. The normalized spacial score (nSPS) is 11.4. The zero-order chi connectivity index (χ0) is 9.84. The van der Waals surface area contributed by atoms with Gasteiger partial charge in [0, 0.05) is 14.1 Å². The van der Waals surface area contributed by atoms with Crippen LogP contribution in [0, 0.1) is 0 Å². The van der Waals surface area contributed by atoms with Crippen molar-refractivity contribution in [3.8, 4) is 0 Å². The highest BCUT2D eigenvalue weighted by Gasteiger charge is 2.02. The Hall–Kier alpha value is -1.85. The summed E-state index contributed by atoms with van der Waals surface area (Å²) in [5.41, 5.74) is 5.66. The predicted molar refractivity (Wildman–Crippen MR) is 48.9 cm³/mol. The molecule has 1 heterocycles. The molecular formula is C7H11N5O. The molecule has 0 saturated heterocycles. The minimum atomic E-state index is -0.0437. The van der Waals surface area contributed by atoms with E-state index in [1.807, 2.05) is 19.0 Å². The molecule has 0 aliphatic heterocycles. The Bertz CT molecular complexity index is 305. The minimum Gasteiger partial charge on any atom is -0.409 e. The highest BCUT2D eigenvalue weighted by Crippen LogP contribution is 2.04. The van der Waals surface area contributed by atoms with Crippen LogP contribution < -0.4 is 10.6 Å². The zero-order valence-electron chi connectivity index (χ0n) is 7.47. The largest absolute Gasteiger partial charge is 0.409 e. The molecule has 13 heavy (non-hydrogen) atoms. The Labute approximate surface area is 75.7 Å². The summed E-state index contributed by atoms with van der Waals surface area (Å²) in [6, 6.07) is 3.37. The lowest BCUT2D eigenvalue weighted by Gasteiger charge is -2.09. The maximum Gasteiger partial charge on any atom is 0.190 e. The molecule has 3 N–H and O–H groups in total. The van der Waals surface area contributed by atoms with Crippen molar-refractivity contribution in [2.45, 2.75) is 0 Å². The zero-order valence-corrected chi connectivity index (χ0v) is 7.47. The molecule has 6 heteroatoms. The van der Waals surface area contributed by atoms with E-state index in [1.165, 1.54) is 0 Å². The molecule has 0 radical (unpaired) electrons. The summed E-state index contributed by atoms with van der Waals surface area (Å²) in [5.74, 6) is 0.673. The second-order valence-corrected chi connectivity index (χ2v) is 2.66. The molecule has 1 aromatic rings. The van der Waals surface area contributed by atoms with Crippen molar-refractivity contribution in [1.29, 1.82) is 0 Å². The number of anilines is 1. The molecule has 0 bridgehead atoms. The third kappa shape index (κ3) is 2.05. The van der Waals surface area contributed by atoms with E-state index < -0.39 is 0 Å². The van der Waals surface area contributed by atoms with E-state index in [4.69, 9.17) is 10.9 Å². The van der Waals surface area contributed by atoms with Gasteiger partial charge in [0.25, 0.3) is 0 Å². The first kappa shape index (κ1) is 9.24. The third-order valence-corrected chi connectivity index (χ3v) is 1.48. The van der Waals surface area contributed by atoms with Gasteiger partial charge in [-0.05, 0) is 12.1 Å². The van der Waals surface area contributed by atoms with E-state index in [9.17, 15) is 0 Å². The van der Waals surface area contributed by atoms with Crippen LogP contribution in [0.1, 0.15) is 5.69 Å². The van der Waals surface area contributed by atoms with Crippen LogP contribution in [-0.4, -0.2) is 35.3 Å². The molecule has 0 spiro atoms. The van der Waals surface area contributed by atoms with Crippen molar-refractivity contribution >= 4 is 11.7 Å². The van der Waals surface area contributed by atoms with Gasteiger partial charge in [0.1, 0.15) is 5.69 Å². The number of rotatable bonds is 2. The fourth-order valence-electron chi connectivity index (χ4n) is 0.752. The maximum atomic E-state index is 8.35. The van der Waals surface area contributed by atoms with Gasteiger partial charge in [-0.15, -0.1) is 10.2 Å². The lowest BCUT2D eigenvalue weighted by Crippen LogP contribution is -2.17. The van der Waals surface area contributed by atoms with Crippen LogP contribution >= 0.6 is 0 Å². The van der Waals surface area contributed by atoms with E-state index in [0.29, 0.717) is 5.69 Å². The third-order valence-electron chi connectivity index (χ3n) is 1.48. The van der Waals surface area contributed by atoms with Gasteiger partial charge in [0.05, 0.1) is 0 Å². The molecule has 1 rings (SSSR count). The highest BCUT2D eigenvalue weighted by atomic mass is 16.4. The molecule has 0 amide bonds. The number of nitrogens with zero attached hydrogens (tertiary/aromatic N) is 4. The molecule has 0 atom stereocenters. The molecule has 0 aliphatic carbocycles. The van der Waals surface area contributed by atoms with E-state index >= 15 is 0 Å². The average molecular weight is 181 g/mol. The first-order valence-corrected chi connectivity index (χ1v) is 3.64. The average Bonchev–Trinajstić information content (AvgIpc) is 2.17. The van der Waals surface area contributed by atoms with Crippen LogP contribution in [0.3, 0.4) is 0 Å². The molecule has 1 aromatic heterocycles. The van der Waals surface area contributed by atoms with Crippen LogP contribution in [0.5, 0.6) is 0 Å². The monoisotopic (exact) mass is 181 g/mol. The van der Waals surface area contributed by atoms with Crippen molar-refractivity contribution in [1.82, 2.24) is 10.2 Å². The first-order valence-electron chi connectivity index (χ1n) is 3.64. The van der Waals surface area contributed by atoms with Gasteiger partial charge in [-0.2, -0.15) is 0 Å². The summed E-state index contributed by atoms with van der Waals surface area (Å²) < 4.78 is 0. The van der Waals surface area contributed by atoms with Crippen molar-refractivity contribution in [3.63, 3.8) is 0 Å². The molecule has 70 valence electrons. The Morgan fingerprint density at radius 1 is 1.46 bits per heavy atom. The Morgan fingerprint density at radius 2 is 2.15 bits per heavy atom. The molecule has 6 nitrogen and oxygen atoms in total. The summed E-state index contributed by atoms with van der Waals surface area (Å²) in [6.07, 6.45) is 0. The number of amidine groups is 1. The van der Waals surface area contributed by atoms with Gasteiger partial charge in [-0.3, -0.25) is 0 Å². The number of hydrogen-bond acceptors (Lipinski definition) is 5. The molecule has 0 aliphatic rings. The van der Waals surface area contributed by atoms with E-state index in [2.05, 4.69) is 15.4 Å². The summed E-state index contributed by atoms with van der Waals surface area (Å²) in [4.78, 5) is 1.81. The summed E-state index contributed by atoms with van der Waals surface area (Å²) in [5, 5.41) is 18.8. The molecular weight excluding hydrogens is 170 g/mol. The number of oxime groups is 1. The second-order valence-electron chi connectivity index (χ2n) is 2.66. The summed E-state index contributed by atoms with van der Waals surface area (Å²) in [7, 11) is 3.71. The minimum absolute atomic E-state index is 0.0437. The molecule has 0 fully saturated rings. The van der Waals surface area contributed by atoms with Crippen LogP contribution in [0.25, 0.3) is 0 Å². The van der Waals surface area contributed by atoms with Gasteiger partial charge in [0.15, 0.2) is 11.7 Å². The van der Waals surface area contributed by atoms with Crippen molar-refractivity contribution in [2.24, 2.45) is 10.9 Å². The number of aromatic nitrogens is 2. The predicted octanol–water partition coefficient (Wildman–Crippen LogP) is -0.363. The van der Waals surface area contributed by atoms with Crippen LogP contribution in [0.4, 0.5) is 5.82 Å². The van der Waals surface area contributed by atoms with Gasteiger partial charge < -0.3 is 15.8 Å². The molecule has 0 unspecified atom stereocenters. The molecule has 0 saturated carbocycles. The van der Waals surface area contributed by atoms with Crippen molar-refractivity contribution < 1.29 is 5.21 Å². The SMILES string of the molecule is CN(C)c1ccc(/C(N)=N/O)nn1. The van der Waals surface area contributed by atoms with Crippen molar-refractivity contribution in [3.05, 3.63) is 17.8 Å². The quantitative estimate of drug-likeness (QED) is 0.281. The lowest BCUT2D eigenvalue weighted by atomic mass is 10.3. The number of hydrogen-bond donors (Lipinski definition) is 2. The van der Waals surface area contributed by atoms with E-state index in [0.717, 1.165) is 5.82 Å². The van der Waals surface area contributed by atoms with Gasteiger partial charge >= 0.3 is 0 Å². The first-order chi connectivity index (χ1) is 6.15. The van der Waals surface area contributed by atoms with Crippen LogP contribution in [0.2, 0.25) is 0 Å². The number of nitrogens with two attached hydrogens (primary N) is 1. The van der Waals surface area contributed by atoms with Gasteiger partial charge in [-0.25, -0.2) is 0 Å². The Balaban J connectivity index is 2.94. The molecule has 0 aromatic carbocycles. The van der Waals surface area contributed by atoms with Crippen LogP contribution in [0.15, 0.2) is 17.3 Å². The smallest absolute Gasteiger partial charge is 0.190 e. The Morgan fingerprint density at radius 3 is 2.54 bits per heavy atom. The second kappa shape index (κ2) is 3.70. The van der Waals surface area contributed by atoms with E-state index in [1.54, 1.807) is 12.1 Å². The van der Waals surface area contributed by atoms with Crippen molar-refractivity contribution in [2.75, 3.05) is 19.0 Å². The topological polar surface area (TPSA) is 87.6 Å². The summed E-state index contributed by atoms with van der Waals surface area (Å²) >= 11 is 0. The lowest BCUT2D eigenvalue weighted by molar-refractivity contribution is 0.318. The fraction of sp³-hybridized carbons (Fsp3) is 0.286. The van der Waals surface area contributed by atoms with E-state index in [-0.39, 0.29) is 5.84 Å². The standard InChI is InChI=1S/C7H11N5O/c1-12(2)6-4-3-5(9-10-6)7(8)11-13/h3-4,13H,1-2H3,(H2,8,11). The van der Waals surface area contributed by atoms with Gasteiger partial charge in [0.2, 0.25) is 0 Å². The van der Waals surface area contributed by atoms with Crippen LogP contribution in [-0.2, 0) is 0 Å². The summed E-state index contributed by atoms with van der Waals surface area (Å²) in [6.45, 7) is 0.